The molecular formula is C15H17F3N2. The van der Waals surface area contributed by atoms with E-state index in [4.69, 9.17) is 0 Å². The van der Waals surface area contributed by atoms with Crippen LogP contribution >= 0.6 is 0 Å². The summed E-state index contributed by atoms with van der Waals surface area (Å²) in [4.78, 5) is 4.12. The van der Waals surface area contributed by atoms with Gasteiger partial charge in [-0.3, -0.25) is 0 Å². The first kappa shape index (κ1) is 14.6. The Kier molecular flexibility index (Phi) is 3.88. The highest BCUT2D eigenvalue weighted by Gasteiger charge is 2.22. The topological polar surface area (TPSA) is 24.9 Å². The number of nitrogens with zero attached hydrogens (tertiary/aromatic N) is 1. The van der Waals surface area contributed by atoms with Crippen molar-refractivity contribution in [3.05, 3.63) is 34.8 Å². The Labute approximate surface area is 116 Å². The summed E-state index contributed by atoms with van der Waals surface area (Å²) in [5.41, 5.74) is 1.69. The van der Waals surface area contributed by atoms with Crippen LogP contribution in [0.15, 0.2) is 6.07 Å². The van der Waals surface area contributed by atoms with Crippen LogP contribution < -0.4 is 5.32 Å². The van der Waals surface area contributed by atoms with Crippen molar-refractivity contribution in [3.8, 4) is 0 Å². The molecule has 1 heterocycles. The first-order valence-corrected chi connectivity index (χ1v) is 6.60. The normalized spacial score (nSPS) is 11.4. The van der Waals surface area contributed by atoms with E-state index in [1.807, 2.05) is 20.8 Å². The van der Waals surface area contributed by atoms with Crippen LogP contribution in [0.1, 0.15) is 37.9 Å². The van der Waals surface area contributed by atoms with E-state index < -0.39 is 17.5 Å². The van der Waals surface area contributed by atoms with Crippen molar-refractivity contribution in [2.75, 3.05) is 11.9 Å². The molecule has 1 N–H and O–H groups in total. The molecule has 2 nitrogen and oxygen atoms in total. The zero-order valence-corrected chi connectivity index (χ0v) is 11.9. The predicted molar refractivity (Wildman–Crippen MR) is 74.6 cm³/mol. The lowest BCUT2D eigenvalue weighted by molar-refractivity contribution is 0.505. The number of fused-ring (bicyclic) bond motifs is 1. The van der Waals surface area contributed by atoms with Gasteiger partial charge in [-0.2, -0.15) is 0 Å². The lowest BCUT2D eigenvalue weighted by atomic mass is 9.96. The molecule has 1 aromatic carbocycles. The molecule has 0 aliphatic carbocycles. The minimum absolute atomic E-state index is 0.0617. The third-order valence-electron chi connectivity index (χ3n) is 3.27. The van der Waals surface area contributed by atoms with Crippen LogP contribution in [0.2, 0.25) is 0 Å². The number of pyridine rings is 1. The van der Waals surface area contributed by atoms with E-state index >= 15 is 0 Å². The Balaban J connectivity index is 2.99. The average molecular weight is 282 g/mol. The van der Waals surface area contributed by atoms with Gasteiger partial charge in [0.05, 0.1) is 11.1 Å². The Morgan fingerprint density at radius 3 is 2.40 bits per heavy atom. The zero-order valence-electron chi connectivity index (χ0n) is 11.9. The van der Waals surface area contributed by atoms with Crippen molar-refractivity contribution >= 4 is 16.6 Å². The molecule has 0 saturated heterocycles. The van der Waals surface area contributed by atoms with Crippen LogP contribution in [0.25, 0.3) is 10.9 Å². The van der Waals surface area contributed by atoms with Gasteiger partial charge in [-0.25, -0.2) is 18.2 Å². The molecule has 0 saturated carbocycles. The molecule has 0 spiro atoms. The number of hydrogen-bond acceptors (Lipinski definition) is 2. The second-order valence-corrected chi connectivity index (χ2v) is 5.05. The van der Waals surface area contributed by atoms with Gasteiger partial charge in [0.1, 0.15) is 5.52 Å². The number of anilines is 1. The summed E-state index contributed by atoms with van der Waals surface area (Å²) in [5.74, 6) is -3.05. The van der Waals surface area contributed by atoms with Gasteiger partial charge in [0.25, 0.3) is 0 Å². The van der Waals surface area contributed by atoms with E-state index in [9.17, 15) is 13.2 Å². The van der Waals surface area contributed by atoms with Crippen LogP contribution in [0.3, 0.4) is 0 Å². The van der Waals surface area contributed by atoms with Gasteiger partial charge in [-0.05, 0) is 25.3 Å². The molecule has 2 rings (SSSR count). The first-order valence-electron chi connectivity index (χ1n) is 6.60. The second kappa shape index (κ2) is 5.31. The van der Waals surface area contributed by atoms with Crippen LogP contribution in [0.5, 0.6) is 0 Å². The third-order valence-corrected chi connectivity index (χ3v) is 3.27. The van der Waals surface area contributed by atoms with Crippen molar-refractivity contribution < 1.29 is 13.2 Å². The lowest BCUT2D eigenvalue weighted by Gasteiger charge is -2.19. The standard InChI is InChI=1S/C15H17F3N2/c1-5-19-15-11(7(2)3)8(4)20-14-10(17)6-9(16)13(18)12(14)15/h6-7H,5H2,1-4H3,(H,19,20). The molecule has 2 aromatic rings. The summed E-state index contributed by atoms with van der Waals surface area (Å²) in [6.45, 7) is 7.99. The van der Waals surface area contributed by atoms with Crippen molar-refractivity contribution in [2.45, 2.75) is 33.6 Å². The number of rotatable bonds is 3. The monoisotopic (exact) mass is 282 g/mol. The van der Waals surface area contributed by atoms with E-state index in [-0.39, 0.29) is 16.8 Å². The number of benzene rings is 1. The molecule has 0 radical (unpaired) electrons. The molecule has 0 atom stereocenters. The van der Waals surface area contributed by atoms with Crippen LogP contribution in [-0.2, 0) is 0 Å². The summed E-state index contributed by atoms with van der Waals surface area (Å²) in [5, 5.41) is 2.91. The molecule has 0 bridgehead atoms. The van der Waals surface area contributed by atoms with Gasteiger partial charge in [0.2, 0.25) is 0 Å². The van der Waals surface area contributed by atoms with E-state index in [0.29, 0.717) is 24.0 Å². The van der Waals surface area contributed by atoms with E-state index in [1.54, 1.807) is 6.92 Å². The third kappa shape index (κ3) is 2.21. The molecular weight excluding hydrogens is 265 g/mol. The minimum Gasteiger partial charge on any atom is -0.384 e. The SMILES string of the molecule is CCNc1c(C(C)C)c(C)nc2c(F)cc(F)c(F)c12. The number of nitrogens with one attached hydrogen (secondary N) is 1. The lowest BCUT2D eigenvalue weighted by Crippen LogP contribution is -2.09. The van der Waals surface area contributed by atoms with Crippen molar-refractivity contribution in [1.82, 2.24) is 4.98 Å². The highest BCUT2D eigenvalue weighted by Crippen LogP contribution is 2.36. The largest absolute Gasteiger partial charge is 0.384 e. The maximum Gasteiger partial charge on any atom is 0.170 e. The maximum atomic E-state index is 14.1. The molecule has 20 heavy (non-hydrogen) atoms. The molecule has 0 fully saturated rings. The highest BCUT2D eigenvalue weighted by atomic mass is 19.2. The number of hydrogen-bond donors (Lipinski definition) is 1. The first-order chi connectivity index (χ1) is 9.38. The number of halogens is 3. The molecule has 0 aliphatic rings. The Bertz CT molecular complexity index is 666. The van der Waals surface area contributed by atoms with Crippen molar-refractivity contribution in [1.29, 1.82) is 0 Å². The molecule has 1 aromatic heterocycles. The highest BCUT2D eigenvalue weighted by molar-refractivity contribution is 5.94. The van der Waals surface area contributed by atoms with Crippen LogP contribution in [0, 0.1) is 24.4 Å². The predicted octanol–water partition coefficient (Wildman–Crippen LogP) is 4.52. The summed E-state index contributed by atoms with van der Waals surface area (Å²) >= 11 is 0. The van der Waals surface area contributed by atoms with Gasteiger partial charge in [-0.1, -0.05) is 13.8 Å². The Morgan fingerprint density at radius 2 is 1.85 bits per heavy atom. The zero-order chi connectivity index (χ0) is 15.0. The summed E-state index contributed by atoms with van der Waals surface area (Å²) < 4.78 is 41.5. The number of aromatic nitrogens is 1. The van der Waals surface area contributed by atoms with Gasteiger partial charge in [0, 0.05) is 18.3 Å². The fourth-order valence-electron chi connectivity index (χ4n) is 2.53. The minimum atomic E-state index is -1.20. The van der Waals surface area contributed by atoms with Crippen molar-refractivity contribution in [2.24, 2.45) is 0 Å². The summed E-state index contributed by atoms with van der Waals surface area (Å²) in [6.07, 6.45) is 0. The molecule has 0 amide bonds. The second-order valence-electron chi connectivity index (χ2n) is 5.05. The smallest absolute Gasteiger partial charge is 0.170 e. The Hall–Kier alpha value is -1.78. The maximum absolute atomic E-state index is 14.1. The molecule has 108 valence electrons. The van der Waals surface area contributed by atoms with Gasteiger partial charge in [-0.15, -0.1) is 0 Å². The van der Waals surface area contributed by atoms with E-state index in [1.165, 1.54) is 0 Å². The molecule has 0 unspecified atom stereocenters. The van der Waals surface area contributed by atoms with Crippen LogP contribution in [-0.4, -0.2) is 11.5 Å². The molecule has 5 heteroatoms. The van der Waals surface area contributed by atoms with Gasteiger partial charge in [0.15, 0.2) is 17.5 Å². The van der Waals surface area contributed by atoms with Crippen LogP contribution in [0.4, 0.5) is 18.9 Å². The number of aryl methyl sites for hydroxylation is 1. The van der Waals surface area contributed by atoms with Gasteiger partial charge >= 0.3 is 0 Å². The van der Waals surface area contributed by atoms with Gasteiger partial charge < -0.3 is 5.32 Å². The van der Waals surface area contributed by atoms with Crippen molar-refractivity contribution in [3.63, 3.8) is 0 Å². The fourth-order valence-corrected chi connectivity index (χ4v) is 2.53. The quantitative estimate of drug-likeness (QED) is 0.837. The Morgan fingerprint density at radius 1 is 1.20 bits per heavy atom. The van der Waals surface area contributed by atoms with E-state index in [2.05, 4.69) is 10.3 Å². The summed E-state index contributed by atoms with van der Waals surface area (Å²) in [6, 6.07) is 0.537. The average Bonchev–Trinajstić information content (AvgIpc) is 2.35. The fraction of sp³-hybridized carbons (Fsp3) is 0.400. The van der Waals surface area contributed by atoms with E-state index in [0.717, 1.165) is 5.56 Å². The summed E-state index contributed by atoms with van der Waals surface area (Å²) in [7, 11) is 0. The molecule has 0 aliphatic heterocycles.